The fourth-order valence-corrected chi connectivity index (χ4v) is 2.93. The quantitative estimate of drug-likeness (QED) is 0.890. The van der Waals surface area contributed by atoms with Gasteiger partial charge in [-0.15, -0.1) is 16.4 Å². The fourth-order valence-electron chi connectivity index (χ4n) is 1.49. The van der Waals surface area contributed by atoms with Crippen LogP contribution in [0.2, 0.25) is 0 Å². The number of rotatable bonds is 5. The molecule has 2 aromatic rings. The average Bonchev–Trinajstić information content (AvgIpc) is 2.87. The molecule has 0 saturated heterocycles. The molecule has 0 saturated carbocycles. The minimum Gasteiger partial charge on any atom is -0.307 e. The second-order valence-corrected chi connectivity index (χ2v) is 5.79. The van der Waals surface area contributed by atoms with Gasteiger partial charge in [-0.2, -0.15) is 0 Å². The summed E-state index contributed by atoms with van der Waals surface area (Å²) in [6.07, 6.45) is 0. The molecule has 0 spiro atoms. The van der Waals surface area contributed by atoms with Gasteiger partial charge in [-0.1, -0.05) is 24.4 Å². The van der Waals surface area contributed by atoms with Crippen molar-refractivity contribution >= 4 is 22.9 Å². The Morgan fingerprint density at radius 2 is 2.25 bits per heavy atom. The lowest BCUT2D eigenvalue weighted by Gasteiger charge is -2.04. The van der Waals surface area contributed by atoms with Gasteiger partial charge in [-0.3, -0.25) is 0 Å². The summed E-state index contributed by atoms with van der Waals surface area (Å²) in [5, 5.41) is 9.69. The van der Waals surface area contributed by atoms with E-state index in [-0.39, 0.29) is 0 Å². The zero-order valence-corrected chi connectivity index (χ0v) is 11.1. The van der Waals surface area contributed by atoms with Crippen LogP contribution >= 0.6 is 22.9 Å². The van der Waals surface area contributed by atoms with Crippen molar-refractivity contribution in [3.63, 3.8) is 0 Å². The van der Waals surface area contributed by atoms with Crippen LogP contribution in [0.25, 0.3) is 0 Å². The number of hydrogen-bond donors (Lipinski definition) is 1. The van der Waals surface area contributed by atoms with Crippen LogP contribution in [-0.4, -0.2) is 9.59 Å². The first-order valence-corrected chi connectivity index (χ1v) is 6.97. The summed E-state index contributed by atoms with van der Waals surface area (Å²) >= 11 is 3.28. The monoisotopic (exact) mass is 253 g/mol. The molecule has 0 aliphatic heterocycles. The van der Waals surface area contributed by atoms with Crippen LogP contribution in [0.1, 0.15) is 35.2 Å². The summed E-state index contributed by atoms with van der Waals surface area (Å²) in [6, 6.07) is 4.22. The van der Waals surface area contributed by atoms with Crippen molar-refractivity contribution in [1.29, 1.82) is 0 Å². The second-order valence-electron chi connectivity index (χ2n) is 3.92. The second kappa shape index (κ2) is 5.52. The Balaban J connectivity index is 1.87. The van der Waals surface area contributed by atoms with Crippen LogP contribution in [0.4, 0.5) is 0 Å². The van der Waals surface area contributed by atoms with E-state index in [0.29, 0.717) is 5.92 Å². The molecule has 3 nitrogen and oxygen atoms in total. The summed E-state index contributed by atoms with van der Waals surface area (Å²) in [5.41, 5.74) is 1.13. The molecule has 2 aromatic heterocycles. The molecular weight excluding hydrogens is 238 g/mol. The molecule has 0 atom stereocenters. The zero-order chi connectivity index (χ0) is 11.4. The van der Waals surface area contributed by atoms with Gasteiger partial charge >= 0.3 is 0 Å². The highest BCUT2D eigenvalue weighted by molar-refractivity contribution is 7.09. The summed E-state index contributed by atoms with van der Waals surface area (Å²) in [4.78, 5) is 2.62. The molecule has 0 aliphatic rings. The van der Waals surface area contributed by atoms with E-state index in [4.69, 9.17) is 0 Å². The summed E-state index contributed by atoms with van der Waals surface area (Å²) in [5.74, 6) is 0.456. The molecule has 5 heteroatoms. The molecule has 2 rings (SSSR count). The predicted octanol–water partition coefficient (Wildman–Crippen LogP) is 3.01. The molecule has 0 radical (unpaired) electrons. The normalized spacial score (nSPS) is 11.2. The first-order chi connectivity index (χ1) is 7.77. The van der Waals surface area contributed by atoms with Crippen LogP contribution < -0.4 is 5.32 Å². The average molecular weight is 253 g/mol. The highest BCUT2D eigenvalue weighted by Crippen LogP contribution is 2.19. The summed E-state index contributed by atoms with van der Waals surface area (Å²) < 4.78 is 4.01. The Labute approximate surface area is 104 Å². The van der Waals surface area contributed by atoms with Crippen molar-refractivity contribution in [1.82, 2.24) is 14.9 Å². The smallest absolute Gasteiger partial charge is 0.0826 e. The molecule has 16 heavy (non-hydrogen) atoms. The first-order valence-electron chi connectivity index (χ1n) is 5.31. The van der Waals surface area contributed by atoms with E-state index in [1.807, 2.05) is 0 Å². The minimum atomic E-state index is 0.456. The Morgan fingerprint density at radius 3 is 2.94 bits per heavy atom. The van der Waals surface area contributed by atoms with Gasteiger partial charge in [-0.25, -0.2) is 0 Å². The van der Waals surface area contributed by atoms with Gasteiger partial charge in [-0.05, 0) is 28.9 Å². The van der Waals surface area contributed by atoms with E-state index in [1.165, 1.54) is 21.3 Å². The standard InChI is InChI=1S/C11H15N3S2/c1-8(2)11-10(16-14-13-11)7-12-6-9-4-3-5-15-9/h3-5,8,12H,6-7H2,1-2H3. The third-order valence-corrected chi connectivity index (χ3v) is 3.91. The fraction of sp³-hybridized carbons (Fsp3) is 0.455. The van der Waals surface area contributed by atoms with Crippen molar-refractivity contribution in [2.24, 2.45) is 0 Å². The van der Waals surface area contributed by atoms with Crippen LogP contribution in [0.5, 0.6) is 0 Å². The highest BCUT2D eigenvalue weighted by Gasteiger charge is 2.10. The van der Waals surface area contributed by atoms with Crippen LogP contribution in [-0.2, 0) is 13.1 Å². The number of aromatic nitrogens is 2. The molecular formula is C11H15N3S2. The number of hydrogen-bond acceptors (Lipinski definition) is 5. The molecule has 1 N–H and O–H groups in total. The van der Waals surface area contributed by atoms with Crippen molar-refractivity contribution in [3.8, 4) is 0 Å². The Kier molecular flexibility index (Phi) is 4.04. The largest absolute Gasteiger partial charge is 0.307 e. The maximum absolute atomic E-state index is 4.16. The van der Waals surface area contributed by atoms with Gasteiger partial charge in [0, 0.05) is 18.0 Å². The maximum Gasteiger partial charge on any atom is 0.0826 e. The van der Waals surface area contributed by atoms with Crippen molar-refractivity contribution < 1.29 is 0 Å². The Hall–Kier alpha value is -0.780. The molecule has 0 amide bonds. The highest BCUT2D eigenvalue weighted by atomic mass is 32.1. The predicted molar refractivity (Wildman–Crippen MR) is 68.9 cm³/mol. The van der Waals surface area contributed by atoms with Crippen molar-refractivity contribution in [3.05, 3.63) is 33.0 Å². The van der Waals surface area contributed by atoms with E-state index in [1.54, 1.807) is 11.3 Å². The Bertz CT molecular complexity index is 420. The van der Waals surface area contributed by atoms with Crippen LogP contribution in [0.3, 0.4) is 0 Å². The first kappa shape index (κ1) is 11.7. The molecule has 0 bridgehead atoms. The van der Waals surface area contributed by atoms with Crippen LogP contribution in [0.15, 0.2) is 17.5 Å². The lowest BCUT2D eigenvalue weighted by Crippen LogP contribution is -2.12. The van der Waals surface area contributed by atoms with Gasteiger partial charge in [0.25, 0.3) is 0 Å². The van der Waals surface area contributed by atoms with Gasteiger partial charge in [0.15, 0.2) is 0 Å². The number of thiophene rings is 1. The van der Waals surface area contributed by atoms with Gasteiger partial charge in [0.05, 0.1) is 10.6 Å². The molecule has 0 fully saturated rings. The molecule has 0 aromatic carbocycles. The Morgan fingerprint density at radius 1 is 1.38 bits per heavy atom. The van der Waals surface area contributed by atoms with Crippen LogP contribution in [0, 0.1) is 0 Å². The summed E-state index contributed by atoms with van der Waals surface area (Å²) in [6.45, 7) is 6.09. The molecule has 0 aliphatic carbocycles. The van der Waals surface area contributed by atoms with Gasteiger partial charge in [0.2, 0.25) is 0 Å². The van der Waals surface area contributed by atoms with E-state index in [0.717, 1.165) is 18.8 Å². The van der Waals surface area contributed by atoms with Gasteiger partial charge < -0.3 is 5.32 Å². The SMILES string of the molecule is CC(C)c1nnsc1CNCc1cccs1. The van der Waals surface area contributed by atoms with E-state index in [2.05, 4.69) is 46.3 Å². The van der Waals surface area contributed by atoms with E-state index in [9.17, 15) is 0 Å². The lowest BCUT2D eigenvalue weighted by molar-refractivity contribution is 0.690. The lowest BCUT2D eigenvalue weighted by atomic mass is 10.1. The number of nitrogens with zero attached hydrogens (tertiary/aromatic N) is 2. The third kappa shape index (κ3) is 2.87. The van der Waals surface area contributed by atoms with E-state index < -0.39 is 0 Å². The third-order valence-electron chi connectivity index (χ3n) is 2.30. The zero-order valence-electron chi connectivity index (χ0n) is 9.43. The topological polar surface area (TPSA) is 37.8 Å². The maximum atomic E-state index is 4.16. The molecule has 2 heterocycles. The summed E-state index contributed by atoms with van der Waals surface area (Å²) in [7, 11) is 0. The molecule has 0 unspecified atom stereocenters. The van der Waals surface area contributed by atoms with Gasteiger partial charge in [0.1, 0.15) is 0 Å². The number of nitrogens with one attached hydrogen (secondary N) is 1. The van der Waals surface area contributed by atoms with Crippen molar-refractivity contribution in [2.45, 2.75) is 32.9 Å². The molecule has 86 valence electrons. The minimum absolute atomic E-state index is 0.456. The van der Waals surface area contributed by atoms with E-state index >= 15 is 0 Å². The van der Waals surface area contributed by atoms with Crippen molar-refractivity contribution in [2.75, 3.05) is 0 Å².